The Morgan fingerprint density at radius 3 is 1.54 bits per heavy atom. The first kappa shape index (κ1) is 32.3. The van der Waals surface area contributed by atoms with E-state index in [0.29, 0.717) is 0 Å². The van der Waals surface area contributed by atoms with Gasteiger partial charge in [-0.2, -0.15) is 0 Å². The molecule has 57 heavy (non-hydrogen) atoms. The molecule has 0 unspecified atom stereocenters. The summed E-state index contributed by atoms with van der Waals surface area (Å²) in [5, 5.41) is 2.57. The molecule has 0 radical (unpaired) electrons. The highest BCUT2D eigenvalue weighted by molar-refractivity contribution is 6.06. The maximum Gasteiger partial charge on any atom is 0.0726 e. The highest BCUT2D eigenvalue weighted by Crippen LogP contribution is 2.64. The van der Waals surface area contributed by atoms with E-state index in [-0.39, 0.29) is 5.41 Å². The fourth-order valence-corrected chi connectivity index (χ4v) is 10.7. The molecule has 9 aromatic carbocycles. The van der Waals surface area contributed by atoms with E-state index in [2.05, 4.69) is 219 Å². The molecule has 1 spiro atoms. The number of nitrogens with zero attached hydrogens (tertiary/aromatic N) is 1. The molecule has 9 aromatic rings. The lowest BCUT2D eigenvalue weighted by molar-refractivity contribution is 0.660. The smallest absolute Gasteiger partial charge is 0.0726 e. The van der Waals surface area contributed by atoms with Gasteiger partial charge in [0.25, 0.3) is 0 Å². The summed E-state index contributed by atoms with van der Waals surface area (Å²) in [5.41, 5.74) is 21.4. The molecule has 0 amide bonds. The molecular formula is C56H39N. The zero-order valence-electron chi connectivity index (χ0n) is 32.0. The Morgan fingerprint density at radius 2 is 0.842 bits per heavy atom. The maximum absolute atomic E-state index is 2.52. The van der Waals surface area contributed by atoms with Crippen LogP contribution >= 0.6 is 0 Å². The molecule has 0 aliphatic heterocycles. The van der Waals surface area contributed by atoms with Crippen LogP contribution < -0.4 is 4.90 Å². The summed E-state index contributed by atoms with van der Waals surface area (Å²) in [5.74, 6) is 0. The number of fused-ring (bicyclic) bond motifs is 15. The predicted molar refractivity (Wildman–Crippen MR) is 238 cm³/mol. The Kier molecular flexibility index (Phi) is 6.67. The van der Waals surface area contributed by atoms with Crippen molar-refractivity contribution in [2.24, 2.45) is 0 Å². The van der Waals surface area contributed by atoms with Crippen molar-refractivity contribution in [1.82, 2.24) is 0 Å². The largest absolute Gasteiger partial charge is 0.310 e. The average Bonchev–Trinajstić information content (AvgIpc) is 3.83. The van der Waals surface area contributed by atoms with Gasteiger partial charge in [0.1, 0.15) is 0 Å². The number of hydrogen-bond donors (Lipinski definition) is 0. The van der Waals surface area contributed by atoms with E-state index >= 15 is 0 Å². The van der Waals surface area contributed by atoms with Crippen molar-refractivity contribution in [1.29, 1.82) is 0 Å². The zero-order chi connectivity index (χ0) is 37.9. The summed E-state index contributed by atoms with van der Waals surface area (Å²) in [4.78, 5) is 2.48. The summed E-state index contributed by atoms with van der Waals surface area (Å²) in [6, 6.07) is 75.0. The lowest BCUT2D eigenvalue weighted by atomic mass is 9.70. The summed E-state index contributed by atoms with van der Waals surface area (Å²) >= 11 is 0. The van der Waals surface area contributed by atoms with E-state index in [4.69, 9.17) is 0 Å². The molecule has 0 fully saturated rings. The van der Waals surface area contributed by atoms with Crippen LogP contribution in [-0.4, -0.2) is 0 Å². The molecular weight excluding hydrogens is 687 g/mol. The lowest BCUT2D eigenvalue weighted by Gasteiger charge is -2.32. The Hall–Kier alpha value is -6.96. The number of hydrogen-bond acceptors (Lipinski definition) is 1. The quantitative estimate of drug-likeness (QED) is 0.175. The van der Waals surface area contributed by atoms with Gasteiger partial charge in [-0.1, -0.05) is 178 Å². The Balaban J connectivity index is 1.13. The van der Waals surface area contributed by atoms with E-state index in [0.717, 1.165) is 17.1 Å². The topological polar surface area (TPSA) is 3.24 Å². The monoisotopic (exact) mass is 725 g/mol. The molecule has 268 valence electrons. The molecule has 0 saturated heterocycles. The highest BCUT2D eigenvalue weighted by atomic mass is 15.1. The third-order valence-electron chi connectivity index (χ3n) is 13.3. The van der Waals surface area contributed by atoms with Gasteiger partial charge in [0.15, 0.2) is 0 Å². The molecule has 1 heteroatoms. The lowest BCUT2D eigenvalue weighted by Crippen LogP contribution is -2.26. The second-order valence-corrected chi connectivity index (χ2v) is 16.4. The van der Waals surface area contributed by atoms with Crippen LogP contribution in [0.4, 0.5) is 17.1 Å². The molecule has 0 saturated carbocycles. The second kappa shape index (κ2) is 11.8. The maximum atomic E-state index is 2.52. The first-order valence-electron chi connectivity index (χ1n) is 20.1. The molecule has 0 bridgehead atoms. The van der Waals surface area contributed by atoms with Crippen molar-refractivity contribution in [3.8, 4) is 44.5 Å². The van der Waals surface area contributed by atoms with Crippen molar-refractivity contribution in [3.05, 3.63) is 234 Å². The van der Waals surface area contributed by atoms with Gasteiger partial charge in [-0.25, -0.2) is 0 Å². The van der Waals surface area contributed by atoms with Gasteiger partial charge in [0.2, 0.25) is 0 Å². The van der Waals surface area contributed by atoms with Crippen LogP contribution in [0.15, 0.2) is 200 Å². The normalized spacial score (nSPS) is 14.4. The van der Waals surface area contributed by atoms with Crippen LogP contribution in [0.5, 0.6) is 0 Å². The van der Waals surface area contributed by atoms with Crippen molar-refractivity contribution in [3.63, 3.8) is 0 Å². The first-order valence-corrected chi connectivity index (χ1v) is 20.1. The Morgan fingerprint density at radius 1 is 0.333 bits per heavy atom. The van der Waals surface area contributed by atoms with Gasteiger partial charge >= 0.3 is 0 Å². The van der Waals surface area contributed by atoms with E-state index < -0.39 is 5.41 Å². The summed E-state index contributed by atoms with van der Waals surface area (Å²) < 4.78 is 0. The van der Waals surface area contributed by atoms with Gasteiger partial charge in [0.05, 0.1) is 5.41 Å². The third kappa shape index (κ3) is 4.34. The van der Waals surface area contributed by atoms with Gasteiger partial charge in [-0.3, -0.25) is 0 Å². The summed E-state index contributed by atoms with van der Waals surface area (Å²) in [7, 11) is 0. The van der Waals surface area contributed by atoms with E-state index in [1.54, 1.807) is 0 Å². The van der Waals surface area contributed by atoms with Crippen LogP contribution in [-0.2, 0) is 10.8 Å². The molecule has 3 aliphatic carbocycles. The minimum atomic E-state index is -0.456. The second-order valence-electron chi connectivity index (χ2n) is 16.4. The molecule has 0 aromatic heterocycles. The highest BCUT2D eigenvalue weighted by Gasteiger charge is 2.52. The summed E-state index contributed by atoms with van der Waals surface area (Å²) in [6.45, 7) is 4.74. The van der Waals surface area contributed by atoms with Crippen LogP contribution in [0.2, 0.25) is 0 Å². The fourth-order valence-electron chi connectivity index (χ4n) is 10.7. The minimum absolute atomic E-state index is 0.118. The molecule has 0 atom stereocenters. The molecule has 3 aliphatic rings. The van der Waals surface area contributed by atoms with Crippen molar-refractivity contribution < 1.29 is 0 Å². The van der Waals surface area contributed by atoms with Crippen molar-refractivity contribution >= 4 is 27.8 Å². The molecule has 0 heterocycles. The molecule has 1 nitrogen and oxygen atoms in total. The van der Waals surface area contributed by atoms with Gasteiger partial charge in [-0.05, 0) is 125 Å². The first-order chi connectivity index (χ1) is 28.0. The average molecular weight is 726 g/mol. The SMILES string of the molecule is CC1(C)c2ccccc2-c2ccc(N(c3ccc(-c4ccccc4)cc3)c3ccc4c(c3)C3(c5ccccc5-c5ccccc53)c3ccc5ccccc5c3-4)cc21. The minimum Gasteiger partial charge on any atom is -0.310 e. The zero-order valence-corrected chi connectivity index (χ0v) is 32.0. The van der Waals surface area contributed by atoms with Gasteiger partial charge < -0.3 is 4.90 Å². The predicted octanol–water partition coefficient (Wildman–Crippen LogP) is 14.6. The van der Waals surface area contributed by atoms with Crippen molar-refractivity contribution in [2.45, 2.75) is 24.7 Å². The number of rotatable bonds is 4. The van der Waals surface area contributed by atoms with Crippen LogP contribution in [0.3, 0.4) is 0 Å². The summed E-state index contributed by atoms with van der Waals surface area (Å²) in [6.07, 6.45) is 0. The van der Waals surface area contributed by atoms with Gasteiger partial charge in [-0.15, -0.1) is 0 Å². The number of anilines is 3. The van der Waals surface area contributed by atoms with E-state index in [1.165, 1.54) is 88.7 Å². The van der Waals surface area contributed by atoms with Crippen LogP contribution in [0.25, 0.3) is 55.3 Å². The van der Waals surface area contributed by atoms with Crippen LogP contribution in [0.1, 0.15) is 47.2 Å². The van der Waals surface area contributed by atoms with Crippen LogP contribution in [0, 0.1) is 0 Å². The Labute approximate surface area is 334 Å². The fraction of sp³-hybridized carbons (Fsp3) is 0.0714. The van der Waals surface area contributed by atoms with E-state index in [9.17, 15) is 0 Å². The third-order valence-corrected chi connectivity index (χ3v) is 13.3. The van der Waals surface area contributed by atoms with E-state index in [1.807, 2.05) is 0 Å². The number of benzene rings is 9. The Bertz CT molecular complexity index is 3050. The molecule has 12 rings (SSSR count). The molecule has 0 N–H and O–H groups in total. The van der Waals surface area contributed by atoms with Crippen molar-refractivity contribution in [2.75, 3.05) is 4.90 Å². The van der Waals surface area contributed by atoms with Gasteiger partial charge in [0, 0.05) is 22.5 Å². The standard InChI is InChI=1S/C56H39N/c1-55(2)48-21-11-8-18-43(48)46-31-29-40(34-52(46)55)57(39-27-24-37(25-28-39)36-14-4-3-5-15-36)41-30-32-47-53(35-41)56(51-33-26-38-16-6-7-17-42(38)54(47)51)49-22-12-9-19-44(49)45-20-10-13-23-50(45)56/h3-35H,1-2H3.